The van der Waals surface area contributed by atoms with Crippen LogP contribution in [0.3, 0.4) is 0 Å². The second-order valence-electron chi connectivity index (χ2n) is 8.64. The van der Waals surface area contributed by atoms with E-state index in [0.29, 0.717) is 5.91 Å². The monoisotopic (exact) mass is 549 g/mol. The number of hydrogen-bond acceptors (Lipinski definition) is 3. The van der Waals surface area contributed by atoms with Crippen LogP contribution >= 0.6 is 24.0 Å². The lowest BCUT2D eigenvalue weighted by Crippen LogP contribution is -2.57. The van der Waals surface area contributed by atoms with Crippen LogP contribution in [-0.4, -0.2) is 85.5 Å². The predicted molar refractivity (Wildman–Crippen MR) is 143 cm³/mol. The number of guanidine groups is 1. The molecule has 2 aliphatic rings. The summed E-state index contributed by atoms with van der Waals surface area (Å²) in [6, 6.07) is 15.1. The third kappa shape index (κ3) is 5.92. The molecule has 0 aromatic heterocycles. The van der Waals surface area contributed by atoms with Crippen LogP contribution in [0.1, 0.15) is 25.3 Å². The Morgan fingerprint density at radius 2 is 1.66 bits per heavy atom. The van der Waals surface area contributed by atoms with Gasteiger partial charge < -0.3 is 15.1 Å². The lowest BCUT2D eigenvalue weighted by atomic mass is 10.1. The maximum atomic E-state index is 12.7. The summed E-state index contributed by atoms with van der Waals surface area (Å²) in [5.41, 5.74) is 1.33. The van der Waals surface area contributed by atoms with Crippen LogP contribution in [0.25, 0.3) is 10.8 Å². The molecule has 4 rings (SSSR count). The molecule has 32 heavy (non-hydrogen) atoms. The fourth-order valence-corrected chi connectivity index (χ4v) is 4.72. The second kappa shape index (κ2) is 11.8. The van der Waals surface area contributed by atoms with Crippen molar-refractivity contribution in [2.75, 3.05) is 52.9 Å². The molecule has 2 aromatic rings. The van der Waals surface area contributed by atoms with E-state index in [0.717, 1.165) is 71.0 Å². The number of carbonyl (C=O) groups is 1. The number of piperazine rings is 1. The highest BCUT2D eigenvalue weighted by atomic mass is 127. The summed E-state index contributed by atoms with van der Waals surface area (Å²) in [6.45, 7) is 8.36. The molecule has 0 radical (unpaired) electrons. The molecule has 1 N–H and O–H groups in total. The Balaban J connectivity index is 0.00000289. The van der Waals surface area contributed by atoms with E-state index in [1.807, 2.05) is 11.9 Å². The molecular formula is C25H36IN5O. The maximum Gasteiger partial charge on any atom is 0.239 e. The predicted octanol–water partition coefficient (Wildman–Crippen LogP) is 3.20. The minimum absolute atomic E-state index is 0. The molecule has 0 bridgehead atoms. The van der Waals surface area contributed by atoms with Crippen LogP contribution in [0.4, 0.5) is 0 Å². The van der Waals surface area contributed by atoms with Gasteiger partial charge in [0.25, 0.3) is 0 Å². The number of likely N-dealkylation sites (tertiary alicyclic amines) is 1. The van der Waals surface area contributed by atoms with E-state index >= 15 is 0 Å². The number of aliphatic imine (C=N–C) groups is 1. The molecule has 1 amide bonds. The molecule has 2 fully saturated rings. The smallest absolute Gasteiger partial charge is 0.239 e. The molecule has 2 aliphatic heterocycles. The maximum absolute atomic E-state index is 12.7. The normalized spacial score (nSPS) is 18.5. The average Bonchev–Trinajstić information content (AvgIpc) is 3.36. The molecular weight excluding hydrogens is 513 g/mol. The van der Waals surface area contributed by atoms with Crippen LogP contribution in [-0.2, 0) is 11.2 Å². The third-order valence-corrected chi connectivity index (χ3v) is 6.66. The van der Waals surface area contributed by atoms with Crippen molar-refractivity contribution in [3.63, 3.8) is 0 Å². The first-order valence-electron chi connectivity index (χ1n) is 11.6. The molecule has 2 saturated heterocycles. The Labute approximate surface area is 209 Å². The summed E-state index contributed by atoms with van der Waals surface area (Å²) >= 11 is 0. The Morgan fingerprint density at radius 3 is 2.34 bits per heavy atom. The van der Waals surface area contributed by atoms with Gasteiger partial charge in [0.1, 0.15) is 0 Å². The van der Waals surface area contributed by atoms with Crippen molar-refractivity contribution in [3.8, 4) is 0 Å². The van der Waals surface area contributed by atoms with E-state index in [2.05, 4.69) is 69.5 Å². The third-order valence-electron chi connectivity index (χ3n) is 6.66. The van der Waals surface area contributed by atoms with Gasteiger partial charge in [-0.05, 0) is 42.5 Å². The quantitative estimate of drug-likeness (QED) is 0.354. The van der Waals surface area contributed by atoms with Gasteiger partial charge in [0.15, 0.2) is 5.96 Å². The minimum Gasteiger partial charge on any atom is -0.356 e. The van der Waals surface area contributed by atoms with E-state index in [1.54, 1.807) is 0 Å². The summed E-state index contributed by atoms with van der Waals surface area (Å²) in [6.07, 6.45) is 3.26. The zero-order chi connectivity index (χ0) is 21.6. The molecule has 0 saturated carbocycles. The van der Waals surface area contributed by atoms with Gasteiger partial charge >= 0.3 is 0 Å². The summed E-state index contributed by atoms with van der Waals surface area (Å²) in [5.74, 6) is 1.25. The zero-order valence-corrected chi connectivity index (χ0v) is 21.6. The topological polar surface area (TPSA) is 51.2 Å². The van der Waals surface area contributed by atoms with Crippen LogP contribution < -0.4 is 5.32 Å². The fraction of sp³-hybridized carbons (Fsp3) is 0.520. The standard InChI is InChI=1S/C25H35N5O.HI/c1-20(24(31)29-13-5-6-14-29)28-15-17-30(18-16-28)25(26-2)27-12-11-21-9-10-22-7-3-4-8-23(22)19-21;/h3-4,7-10,19-20H,5-6,11-18H2,1-2H3,(H,26,27);1H. The molecule has 7 heteroatoms. The van der Waals surface area contributed by atoms with Gasteiger partial charge in [-0.2, -0.15) is 0 Å². The summed E-state index contributed by atoms with van der Waals surface area (Å²) in [5, 5.41) is 6.10. The Kier molecular flexibility index (Phi) is 9.16. The largest absolute Gasteiger partial charge is 0.356 e. The molecule has 1 unspecified atom stereocenters. The van der Waals surface area contributed by atoms with Crippen molar-refractivity contribution in [1.82, 2.24) is 20.0 Å². The van der Waals surface area contributed by atoms with Gasteiger partial charge in [-0.15, -0.1) is 24.0 Å². The number of carbonyl (C=O) groups excluding carboxylic acids is 1. The van der Waals surface area contributed by atoms with Crippen LogP contribution in [0, 0.1) is 0 Å². The van der Waals surface area contributed by atoms with Gasteiger partial charge in [-0.25, -0.2) is 0 Å². The number of nitrogens with one attached hydrogen (secondary N) is 1. The summed E-state index contributed by atoms with van der Waals surface area (Å²) < 4.78 is 0. The van der Waals surface area contributed by atoms with Crippen LogP contribution in [0.5, 0.6) is 0 Å². The Hall–Kier alpha value is -1.87. The van der Waals surface area contributed by atoms with Gasteiger partial charge in [0.05, 0.1) is 6.04 Å². The van der Waals surface area contributed by atoms with E-state index in [1.165, 1.54) is 16.3 Å². The highest BCUT2D eigenvalue weighted by molar-refractivity contribution is 14.0. The summed E-state index contributed by atoms with van der Waals surface area (Å²) in [4.78, 5) is 23.9. The highest BCUT2D eigenvalue weighted by Gasteiger charge is 2.30. The van der Waals surface area contributed by atoms with E-state index in [-0.39, 0.29) is 30.0 Å². The molecule has 1 atom stereocenters. The van der Waals surface area contributed by atoms with Gasteiger partial charge in [-0.3, -0.25) is 14.7 Å². The number of fused-ring (bicyclic) bond motifs is 1. The van der Waals surface area contributed by atoms with Crippen LogP contribution in [0.15, 0.2) is 47.5 Å². The van der Waals surface area contributed by atoms with Gasteiger partial charge in [0.2, 0.25) is 5.91 Å². The zero-order valence-electron chi connectivity index (χ0n) is 19.3. The average molecular weight is 550 g/mol. The lowest BCUT2D eigenvalue weighted by molar-refractivity contribution is -0.135. The Bertz CT molecular complexity index is 919. The van der Waals surface area contributed by atoms with Crippen molar-refractivity contribution >= 4 is 46.6 Å². The number of benzene rings is 2. The number of hydrogen-bond donors (Lipinski definition) is 1. The van der Waals surface area contributed by atoms with Crippen molar-refractivity contribution in [2.45, 2.75) is 32.2 Å². The number of nitrogens with zero attached hydrogens (tertiary/aromatic N) is 4. The fourth-order valence-electron chi connectivity index (χ4n) is 4.72. The van der Waals surface area contributed by atoms with E-state index in [4.69, 9.17) is 0 Å². The lowest BCUT2D eigenvalue weighted by Gasteiger charge is -2.39. The minimum atomic E-state index is -0.0249. The first-order chi connectivity index (χ1) is 15.2. The Morgan fingerprint density at radius 1 is 0.969 bits per heavy atom. The second-order valence-corrected chi connectivity index (χ2v) is 8.64. The SMILES string of the molecule is CN=C(NCCc1ccc2ccccc2c1)N1CCN(C(C)C(=O)N2CCCC2)CC1.I. The van der Waals surface area contributed by atoms with Gasteiger partial charge in [0, 0.05) is 52.9 Å². The van der Waals surface area contributed by atoms with Crippen molar-refractivity contribution in [1.29, 1.82) is 0 Å². The molecule has 2 heterocycles. The first kappa shape index (κ1) is 24.8. The molecule has 6 nitrogen and oxygen atoms in total. The molecule has 174 valence electrons. The van der Waals surface area contributed by atoms with E-state index in [9.17, 15) is 4.79 Å². The molecule has 2 aromatic carbocycles. The van der Waals surface area contributed by atoms with E-state index < -0.39 is 0 Å². The van der Waals surface area contributed by atoms with Gasteiger partial charge in [-0.1, -0.05) is 42.5 Å². The highest BCUT2D eigenvalue weighted by Crippen LogP contribution is 2.16. The number of amides is 1. The van der Waals surface area contributed by atoms with Crippen molar-refractivity contribution in [3.05, 3.63) is 48.0 Å². The molecule has 0 aliphatic carbocycles. The number of halogens is 1. The summed E-state index contributed by atoms with van der Waals surface area (Å²) in [7, 11) is 1.85. The van der Waals surface area contributed by atoms with Crippen LogP contribution in [0.2, 0.25) is 0 Å². The van der Waals surface area contributed by atoms with Crippen molar-refractivity contribution in [2.24, 2.45) is 4.99 Å². The first-order valence-corrected chi connectivity index (χ1v) is 11.6. The number of rotatable bonds is 5. The molecule has 0 spiro atoms. The van der Waals surface area contributed by atoms with Crippen molar-refractivity contribution < 1.29 is 4.79 Å².